The fourth-order valence-electron chi connectivity index (χ4n) is 10.0. The Bertz CT molecular complexity index is 1230. The van der Waals surface area contributed by atoms with Gasteiger partial charge in [0.1, 0.15) is 0 Å². The maximum Gasteiger partial charge on any atom is 0.305 e. The molecule has 4 saturated carbocycles. The minimum atomic E-state index is -3.82. The van der Waals surface area contributed by atoms with E-state index < -0.39 is 22.3 Å². The second kappa shape index (κ2) is 12.7. The van der Waals surface area contributed by atoms with Crippen molar-refractivity contribution in [2.24, 2.45) is 46.3 Å². The summed E-state index contributed by atoms with van der Waals surface area (Å²) in [5.41, 5.74) is 0.739. The highest BCUT2D eigenvalue weighted by atomic mass is 32.2. The van der Waals surface area contributed by atoms with Crippen LogP contribution in [0.25, 0.3) is 0 Å². The van der Waals surface area contributed by atoms with E-state index in [4.69, 9.17) is 13.7 Å². The second-order valence-corrected chi connectivity index (χ2v) is 16.2. The summed E-state index contributed by atoms with van der Waals surface area (Å²) < 4.78 is 41.3. The Kier molecular flexibility index (Phi) is 9.71. The highest BCUT2D eigenvalue weighted by Gasteiger charge is 2.65. The number of fused-ring (bicyclic) bond motifs is 5. The standard InChI is InChI=1S/C34H52O8S/c1-21-6-9-25(10-7-21)43(38,39)42-17-16-41-24-14-15-33(3)23(18-24)19-29(35)32-27-12-11-26(22(2)8-13-31(37)40-5)34(27,4)30(36)20-28(32)33/h6-7,9-10,22-24,26-30,32,35-36H,8,11-20H2,1-5H3/t22-,23+,24+,26-,27+,28+,29-,30+,32+,33+,34-/m1/s1. The van der Waals surface area contributed by atoms with Gasteiger partial charge in [0.25, 0.3) is 10.1 Å². The van der Waals surface area contributed by atoms with Gasteiger partial charge in [0.05, 0.1) is 43.5 Å². The molecule has 0 unspecified atom stereocenters. The van der Waals surface area contributed by atoms with E-state index in [9.17, 15) is 23.4 Å². The molecule has 0 bridgehead atoms. The van der Waals surface area contributed by atoms with Gasteiger partial charge in [-0.25, -0.2) is 0 Å². The topological polar surface area (TPSA) is 119 Å². The summed E-state index contributed by atoms with van der Waals surface area (Å²) in [7, 11) is -2.39. The number of aryl methyl sites for hydroxylation is 1. The predicted molar refractivity (Wildman–Crippen MR) is 162 cm³/mol. The van der Waals surface area contributed by atoms with Gasteiger partial charge in [0, 0.05) is 6.42 Å². The van der Waals surface area contributed by atoms with Gasteiger partial charge in [-0.15, -0.1) is 0 Å². The number of methoxy groups -OCH3 is 1. The second-order valence-electron chi connectivity index (χ2n) is 14.5. The fraction of sp³-hybridized carbons (Fsp3) is 0.794. The van der Waals surface area contributed by atoms with Crippen molar-refractivity contribution < 1.29 is 37.1 Å². The van der Waals surface area contributed by atoms with Crippen LogP contribution in [0.4, 0.5) is 0 Å². The molecule has 0 saturated heterocycles. The normalized spacial score (nSPS) is 39.8. The van der Waals surface area contributed by atoms with Crippen LogP contribution in [-0.2, 0) is 28.6 Å². The average Bonchev–Trinajstić information content (AvgIpc) is 3.33. The highest BCUT2D eigenvalue weighted by Crippen LogP contribution is 2.68. The van der Waals surface area contributed by atoms with Crippen LogP contribution in [0.5, 0.6) is 0 Å². The summed E-state index contributed by atoms with van der Waals surface area (Å²) in [5, 5.41) is 23.5. The van der Waals surface area contributed by atoms with Crippen LogP contribution < -0.4 is 0 Å². The molecule has 0 amide bonds. The van der Waals surface area contributed by atoms with Gasteiger partial charge in [0.15, 0.2) is 0 Å². The van der Waals surface area contributed by atoms with Crippen molar-refractivity contribution in [1.82, 2.24) is 0 Å². The lowest BCUT2D eigenvalue weighted by molar-refractivity contribution is -0.209. The molecule has 11 atom stereocenters. The lowest BCUT2D eigenvalue weighted by Gasteiger charge is -2.63. The van der Waals surface area contributed by atoms with E-state index in [1.165, 1.54) is 7.11 Å². The molecule has 43 heavy (non-hydrogen) atoms. The first-order valence-corrected chi connectivity index (χ1v) is 17.7. The summed E-state index contributed by atoms with van der Waals surface area (Å²) in [5.74, 6) is 1.41. The molecule has 242 valence electrons. The molecule has 1 aromatic rings. The molecule has 4 aliphatic rings. The van der Waals surface area contributed by atoms with Crippen molar-refractivity contribution in [3.05, 3.63) is 29.8 Å². The molecule has 2 N–H and O–H groups in total. The largest absolute Gasteiger partial charge is 0.469 e. The quantitative estimate of drug-likeness (QED) is 0.206. The number of aliphatic hydroxyl groups is 2. The zero-order valence-electron chi connectivity index (χ0n) is 26.5. The first kappa shape index (κ1) is 32.9. The molecule has 5 rings (SSSR count). The first-order valence-electron chi connectivity index (χ1n) is 16.3. The Labute approximate surface area is 258 Å². The number of hydrogen-bond donors (Lipinski definition) is 2. The highest BCUT2D eigenvalue weighted by molar-refractivity contribution is 7.86. The minimum Gasteiger partial charge on any atom is -0.469 e. The Morgan fingerprint density at radius 1 is 1.02 bits per heavy atom. The van der Waals surface area contributed by atoms with Crippen LogP contribution in [-0.4, -0.2) is 63.2 Å². The number of carbonyl (C=O) groups is 1. The molecule has 4 fully saturated rings. The Hall–Kier alpha value is -1.52. The van der Waals surface area contributed by atoms with Gasteiger partial charge < -0.3 is 19.7 Å². The van der Waals surface area contributed by atoms with Gasteiger partial charge in [0.2, 0.25) is 0 Å². The fourth-order valence-corrected chi connectivity index (χ4v) is 10.9. The molecule has 0 aromatic heterocycles. The molecule has 1 aromatic carbocycles. The monoisotopic (exact) mass is 620 g/mol. The molecule has 4 aliphatic carbocycles. The van der Waals surface area contributed by atoms with Crippen LogP contribution in [0.1, 0.15) is 84.1 Å². The lowest BCUT2D eigenvalue weighted by atomic mass is 9.43. The number of ether oxygens (including phenoxy) is 2. The summed E-state index contributed by atoms with van der Waals surface area (Å²) in [6.07, 6.45) is 6.46. The van der Waals surface area contributed by atoms with E-state index in [1.807, 2.05) is 6.92 Å². The predicted octanol–water partition coefficient (Wildman–Crippen LogP) is 5.28. The molecular weight excluding hydrogens is 568 g/mol. The van der Waals surface area contributed by atoms with Crippen molar-refractivity contribution >= 4 is 16.1 Å². The summed E-state index contributed by atoms with van der Waals surface area (Å²) in [4.78, 5) is 12.0. The van der Waals surface area contributed by atoms with Gasteiger partial charge in [-0.2, -0.15) is 8.42 Å². The summed E-state index contributed by atoms with van der Waals surface area (Å²) in [6.45, 7) is 8.89. The number of aliphatic hydroxyl groups excluding tert-OH is 2. The molecular formula is C34H52O8S. The first-order chi connectivity index (χ1) is 20.3. The van der Waals surface area contributed by atoms with Crippen molar-refractivity contribution in [1.29, 1.82) is 0 Å². The van der Waals surface area contributed by atoms with E-state index >= 15 is 0 Å². The lowest BCUT2D eigenvalue weighted by Crippen LogP contribution is -2.62. The van der Waals surface area contributed by atoms with Crippen LogP contribution in [0.2, 0.25) is 0 Å². The van der Waals surface area contributed by atoms with Crippen LogP contribution in [0.3, 0.4) is 0 Å². The van der Waals surface area contributed by atoms with Gasteiger partial charge >= 0.3 is 5.97 Å². The maximum atomic E-state index is 12.5. The molecule has 0 spiro atoms. The SMILES string of the molecule is COC(=O)CC[C@@H](C)[C@H]1CC[C@H]2[C@@H]3[C@H](O)C[C@@H]4C[C@@H](OCCOS(=O)(=O)c5ccc(C)cc5)CC[C@]4(C)[C@H]3C[C@H](O)[C@]12C. The van der Waals surface area contributed by atoms with E-state index in [1.54, 1.807) is 24.3 Å². The van der Waals surface area contributed by atoms with E-state index in [2.05, 4.69) is 20.8 Å². The van der Waals surface area contributed by atoms with Crippen LogP contribution in [0, 0.1) is 53.3 Å². The third kappa shape index (κ3) is 6.18. The third-order valence-electron chi connectivity index (χ3n) is 12.5. The van der Waals surface area contributed by atoms with Crippen molar-refractivity contribution in [3.63, 3.8) is 0 Å². The molecule has 0 radical (unpaired) electrons. The number of rotatable bonds is 10. The van der Waals surface area contributed by atoms with Crippen LogP contribution >= 0.6 is 0 Å². The van der Waals surface area contributed by atoms with Crippen LogP contribution in [0.15, 0.2) is 29.2 Å². The molecule has 0 aliphatic heterocycles. The van der Waals surface area contributed by atoms with E-state index in [0.29, 0.717) is 24.7 Å². The molecule has 0 heterocycles. The van der Waals surface area contributed by atoms with Gasteiger partial charge in [-0.3, -0.25) is 8.98 Å². The summed E-state index contributed by atoms with van der Waals surface area (Å²) >= 11 is 0. The number of carbonyl (C=O) groups excluding carboxylic acids is 1. The average molecular weight is 621 g/mol. The number of hydrogen-bond acceptors (Lipinski definition) is 8. The molecule has 9 heteroatoms. The Morgan fingerprint density at radius 2 is 1.74 bits per heavy atom. The zero-order chi connectivity index (χ0) is 31.2. The van der Waals surface area contributed by atoms with E-state index in [0.717, 1.165) is 50.5 Å². The summed E-state index contributed by atoms with van der Waals surface area (Å²) in [6, 6.07) is 6.61. The Balaban J connectivity index is 1.19. The van der Waals surface area contributed by atoms with Gasteiger partial charge in [-0.1, -0.05) is 38.5 Å². The minimum absolute atomic E-state index is 0.00203. The van der Waals surface area contributed by atoms with Gasteiger partial charge in [-0.05, 0) is 117 Å². The number of esters is 1. The van der Waals surface area contributed by atoms with Crippen molar-refractivity contribution in [2.75, 3.05) is 20.3 Å². The van der Waals surface area contributed by atoms with Crippen molar-refractivity contribution in [3.8, 4) is 0 Å². The Morgan fingerprint density at radius 3 is 2.44 bits per heavy atom. The third-order valence-corrected chi connectivity index (χ3v) is 13.8. The van der Waals surface area contributed by atoms with Crippen molar-refractivity contribution in [2.45, 2.75) is 109 Å². The zero-order valence-corrected chi connectivity index (χ0v) is 27.4. The smallest absolute Gasteiger partial charge is 0.305 e. The number of benzene rings is 1. The maximum absolute atomic E-state index is 12.5. The van der Waals surface area contributed by atoms with E-state index in [-0.39, 0.29) is 64.7 Å². The molecule has 8 nitrogen and oxygen atoms in total.